The van der Waals surface area contributed by atoms with Crippen LogP contribution < -0.4 is 0 Å². The summed E-state index contributed by atoms with van der Waals surface area (Å²) in [6.07, 6.45) is 0.437. The molecule has 2 aliphatic heterocycles. The maximum Gasteiger partial charge on any atom is 0.223 e. The van der Waals surface area contributed by atoms with Gasteiger partial charge in [-0.25, -0.2) is 12.8 Å². The molecule has 0 spiro atoms. The van der Waals surface area contributed by atoms with Crippen LogP contribution in [0.1, 0.15) is 31.4 Å². The number of amides is 1. The highest BCUT2D eigenvalue weighted by Gasteiger charge is 2.47. The van der Waals surface area contributed by atoms with E-state index in [4.69, 9.17) is 0 Å². The number of aryl methyl sites for hydroxylation is 1. The quantitative estimate of drug-likeness (QED) is 0.799. The van der Waals surface area contributed by atoms with Crippen molar-refractivity contribution in [2.45, 2.75) is 45.8 Å². The third-order valence-electron chi connectivity index (χ3n) is 5.18. The van der Waals surface area contributed by atoms with Crippen LogP contribution >= 0.6 is 0 Å². The van der Waals surface area contributed by atoms with Crippen molar-refractivity contribution in [2.75, 3.05) is 24.6 Å². The molecule has 0 aliphatic carbocycles. The van der Waals surface area contributed by atoms with E-state index in [1.165, 1.54) is 12.1 Å². The Balaban J connectivity index is 1.81. The van der Waals surface area contributed by atoms with Gasteiger partial charge in [0.25, 0.3) is 0 Å². The Bertz CT molecular complexity index is 774. The number of fused-ring (bicyclic) bond motifs is 1. The molecule has 144 valence electrons. The molecule has 7 heteroatoms. The summed E-state index contributed by atoms with van der Waals surface area (Å²) in [5.74, 6) is 0.0966. The topological polar surface area (TPSA) is 57.7 Å². The van der Waals surface area contributed by atoms with E-state index >= 15 is 0 Å². The third-order valence-corrected chi connectivity index (χ3v) is 6.88. The Kier molecular flexibility index (Phi) is 5.40. The summed E-state index contributed by atoms with van der Waals surface area (Å²) in [6.45, 7) is 7.46. The number of nitrogens with zero attached hydrogens (tertiary/aromatic N) is 2. The monoisotopic (exact) mass is 382 g/mol. The number of sulfone groups is 1. The minimum Gasteiger partial charge on any atom is -0.336 e. The highest BCUT2D eigenvalue weighted by Crippen LogP contribution is 2.29. The van der Waals surface area contributed by atoms with Crippen LogP contribution in [0.2, 0.25) is 0 Å². The molecule has 1 aromatic carbocycles. The summed E-state index contributed by atoms with van der Waals surface area (Å²) in [7, 11) is -3.17. The predicted octanol–water partition coefficient (Wildman–Crippen LogP) is 1.99. The molecule has 0 bridgehead atoms. The molecule has 5 nitrogen and oxygen atoms in total. The van der Waals surface area contributed by atoms with Crippen LogP contribution in [-0.2, 0) is 21.2 Å². The molecule has 0 aromatic heterocycles. The summed E-state index contributed by atoms with van der Waals surface area (Å²) >= 11 is 0. The fourth-order valence-electron chi connectivity index (χ4n) is 4.14. The molecule has 1 aromatic rings. The maximum absolute atomic E-state index is 13.7. The maximum atomic E-state index is 13.7. The molecule has 0 unspecified atom stereocenters. The van der Waals surface area contributed by atoms with Crippen LogP contribution in [0, 0.1) is 18.7 Å². The third kappa shape index (κ3) is 4.26. The van der Waals surface area contributed by atoms with Gasteiger partial charge in [0.05, 0.1) is 17.5 Å². The van der Waals surface area contributed by atoms with Gasteiger partial charge in [-0.3, -0.25) is 9.69 Å². The van der Waals surface area contributed by atoms with Crippen LogP contribution in [0.25, 0.3) is 0 Å². The van der Waals surface area contributed by atoms with Crippen LogP contribution in [-0.4, -0.2) is 60.8 Å². The summed E-state index contributed by atoms with van der Waals surface area (Å²) in [4.78, 5) is 16.4. The molecular formula is C19H27FN2O3S. The number of benzene rings is 1. The summed E-state index contributed by atoms with van der Waals surface area (Å²) in [5.41, 5.74) is 1.69. The van der Waals surface area contributed by atoms with Crippen molar-refractivity contribution < 1.29 is 17.6 Å². The number of rotatable bonds is 4. The van der Waals surface area contributed by atoms with Crippen molar-refractivity contribution in [2.24, 2.45) is 5.92 Å². The van der Waals surface area contributed by atoms with Gasteiger partial charge in [0.2, 0.25) is 5.91 Å². The predicted molar refractivity (Wildman–Crippen MR) is 98.9 cm³/mol. The lowest BCUT2D eigenvalue weighted by Crippen LogP contribution is -2.60. The van der Waals surface area contributed by atoms with Crippen LogP contribution in [0.3, 0.4) is 0 Å². The van der Waals surface area contributed by atoms with E-state index in [1.54, 1.807) is 4.90 Å². The zero-order chi connectivity index (χ0) is 19.1. The number of piperazine rings is 1. The van der Waals surface area contributed by atoms with Crippen LogP contribution in [0.15, 0.2) is 18.2 Å². The van der Waals surface area contributed by atoms with Gasteiger partial charge < -0.3 is 4.90 Å². The fourth-order valence-corrected chi connectivity index (χ4v) is 6.15. The zero-order valence-electron chi connectivity index (χ0n) is 15.6. The highest BCUT2D eigenvalue weighted by molar-refractivity contribution is 7.91. The smallest absolute Gasteiger partial charge is 0.223 e. The molecule has 0 radical (unpaired) electrons. The largest absolute Gasteiger partial charge is 0.336 e. The lowest BCUT2D eigenvalue weighted by atomic mass is 10.0. The van der Waals surface area contributed by atoms with Gasteiger partial charge in [-0.1, -0.05) is 19.9 Å². The van der Waals surface area contributed by atoms with Gasteiger partial charge >= 0.3 is 0 Å². The van der Waals surface area contributed by atoms with Crippen molar-refractivity contribution >= 4 is 15.7 Å². The molecule has 2 heterocycles. The van der Waals surface area contributed by atoms with Crippen molar-refractivity contribution in [1.29, 1.82) is 0 Å². The van der Waals surface area contributed by atoms with E-state index in [2.05, 4.69) is 4.90 Å². The van der Waals surface area contributed by atoms with E-state index in [9.17, 15) is 17.6 Å². The lowest BCUT2D eigenvalue weighted by Gasteiger charge is -2.44. The molecule has 2 aliphatic rings. The molecule has 2 fully saturated rings. The van der Waals surface area contributed by atoms with Gasteiger partial charge in [0, 0.05) is 32.1 Å². The normalized spacial score (nSPS) is 25.5. The molecule has 2 atom stereocenters. The number of carbonyl (C=O) groups excluding carboxylic acids is 1. The number of hydrogen-bond donors (Lipinski definition) is 0. The second kappa shape index (κ2) is 7.27. The van der Waals surface area contributed by atoms with Crippen LogP contribution in [0.5, 0.6) is 0 Å². The lowest BCUT2D eigenvalue weighted by molar-refractivity contribution is -0.137. The molecule has 0 N–H and O–H groups in total. The SMILES string of the molecule is Cc1cc(F)cc(CN2CCN(C(=O)CC(C)C)[C@@H]3CS(=O)(=O)C[C@@H]32)c1. The molecule has 2 saturated heterocycles. The Labute approximate surface area is 155 Å². The molecule has 3 rings (SSSR count). The minimum atomic E-state index is -3.17. The first kappa shape index (κ1) is 19.3. The van der Waals surface area contributed by atoms with Crippen molar-refractivity contribution in [3.63, 3.8) is 0 Å². The Morgan fingerprint density at radius 3 is 2.54 bits per heavy atom. The second-order valence-corrected chi connectivity index (χ2v) is 10.2. The highest BCUT2D eigenvalue weighted by atomic mass is 32.2. The van der Waals surface area contributed by atoms with Gasteiger partial charge in [0.15, 0.2) is 9.84 Å². The first-order valence-electron chi connectivity index (χ1n) is 9.14. The van der Waals surface area contributed by atoms with Crippen LogP contribution in [0.4, 0.5) is 4.39 Å². The van der Waals surface area contributed by atoms with E-state index in [-0.39, 0.29) is 41.2 Å². The van der Waals surface area contributed by atoms with E-state index < -0.39 is 9.84 Å². The average molecular weight is 383 g/mol. The molecular weight excluding hydrogens is 355 g/mol. The standard InChI is InChI=1S/C19H27FN2O3S/c1-13(2)6-19(23)22-5-4-21(17-11-26(24,25)12-18(17)22)10-15-7-14(3)8-16(20)9-15/h7-9,13,17-18H,4-6,10-12H2,1-3H3/t17-,18+/m0/s1. The van der Waals surface area contributed by atoms with Gasteiger partial charge in [-0.2, -0.15) is 0 Å². The Hall–Kier alpha value is -1.47. The van der Waals surface area contributed by atoms with E-state index in [1.807, 2.05) is 26.8 Å². The van der Waals surface area contributed by atoms with Gasteiger partial charge in [-0.05, 0) is 36.1 Å². The van der Waals surface area contributed by atoms with Crippen molar-refractivity contribution in [3.05, 3.63) is 35.1 Å². The average Bonchev–Trinajstić information content (AvgIpc) is 2.81. The fraction of sp³-hybridized carbons (Fsp3) is 0.632. The number of carbonyl (C=O) groups is 1. The molecule has 0 saturated carbocycles. The van der Waals surface area contributed by atoms with Gasteiger partial charge in [0.1, 0.15) is 5.82 Å². The Morgan fingerprint density at radius 2 is 1.88 bits per heavy atom. The first-order chi connectivity index (χ1) is 12.1. The van der Waals surface area contributed by atoms with E-state index in [0.717, 1.165) is 11.1 Å². The van der Waals surface area contributed by atoms with Crippen molar-refractivity contribution in [1.82, 2.24) is 9.80 Å². The Morgan fingerprint density at radius 1 is 1.19 bits per heavy atom. The summed E-state index contributed by atoms with van der Waals surface area (Å²) in [6, 6.07) is 4.40. The zero-order valence-corrected chi connectivity index (χ0v) is 16.4. The number of hydrogen-bond acceptors (Lipinski definition) is 4. The van der Waals surface area contributed by atoms with Gasteiger partial charge in [-0.15, -0.1) is 0 Å². The number of halogens is 1. The van der Waals surface area contributed by atoms with Crippen molar-refractivity contribution in [3.8, 4) is 0 Å². The summed E-state index contributed by atoms with van der Waals surface area (Å²) in [5, 5.41) is 0. The second-order valence-electron chi connectivity index (χ2n) is 8.00. The molecule has 26 heavy (non-hydrogen) atoms. The van der Waals surface area contributed by atoms with E-state index in [0.29, 0.717) is 26.1 Å². The minimum absolute atomic E-state index is 0.0280. The first-order valence-corrected chi connectivity index (χ1v) is 11.0. The summed E-state index contributed by atoms with van der Waals surface area (Å²) < 4.78 is 38.2. The molecule has 1 amide bonds.